The van der Waals surface area contributed by atoms with E-state index in [0.717, 1.165) is 45.2 Å². The molecule has 1 aliphatic carbocycles. The van der Waals surface area contributed by atoms with Crippen LogP contribution in [-0.4, -0.2) is 29.7 Å². The third-order valence-corrected chi connectivity index (χ3v) is 4.55. The van der Waals surface area contributed by atoms with Crippen molar-refractivity contribution in [2.75, 3.05) is 13.1 Å². The zero-order chi connectivity index (χ0) is 13.4. The van der Waals surface area contributed by atoms with E-state index >= 15 is 0 Å². The first-order valence-electron chi connectivity index (χ1n) is 7.18. The summed E-state index contributed by atoms with van der Waals surface area (Å²) >= 11 is 0. The van der Waals surface area contributed by atoms with Crippen molar-refractivity contribution in [1.29, 1.82) is 0 Å². The Morgan fingerprint density at radius 2 is 1.72 bits per heavy atom. The van der Waals surface area contributed by atoms with Crippen molar-refractivity contribution in [2.45, 2.75) is 59.3 Å². The lowest BCUT2D eigenvalue weighted by Crippen LogP contribution is -2.50. The highest BCUT2D eigenvalue weighted by atomic mass is 16.2. The molecule has 1 saturated carbocycles. The molecule has 1 aliphatic heterocycles. The highest BCUT2D eigenvalue weighted by Gasteiger charge is 2.43. The van der Waals surface area contributed by atoms with E-state index in [2.05, 4.69) is 0 Å². The molecule has 2 rings (SSSR count). The Labute approximate surface area is 110 Å². The van der Waals surface area contributed by atoms with Crippen LogP contribution in [0.1, 0.15) is 59.3 Å². The Hall–Kier alpha value is -0.860. The molecule has 0 aromatic heterocycles. The predicted molar refractivity (Wildman–Crippen MR) is 71.2 cm³/mol. The van der Waals surface area contributed by atoms with Gasteiger partial charge in [0.25, 0.3) is 0 Å². The van der Waals surface area contributed by atoms with Crippen molar-refractivity contribution >= 4 is 11.7 Å². The van der Waals surface area contributed by atoms with Gasteiger partial charge in [-0.3, -0.25) is 9.59 Å². The van der Waals surface area contributed by atoms with Gasteiger partial charge in [0.1, 0.15) is 5.78 Å². The minimum absolute atomic E-state index is 0.0765. The highest BCUT2D eigenvalue weighted by Crippen LogP contribution is 2.42. The number of hydrogen-bond acceptors (Lipinski definition) is 2. The second kappa shape index (κ2) is 4.67. The third kappa shape index (κ3) is 2.45. The minimum atomic E-state index is -0.304. The van der Waals surface area contributed by atoms with Gasteiger partial charge < -0.3 is 4.90 Å². The molecule has 1 spiro atoms. The summed E-state index contributed by atoms with van der Waals surface area (Å²) in [6, 6.07) is 0. The van der Waals surface area contributed by atoms with E-state index in [1.54, 1.807) is 0 Å². The molecule has 1 amide bonds. The molecule has 0 aromatic carbocycles. The maximum absolute atomic E-state index is 12.2. The van der Waals surface area contributed by atoms with Gasteiger partial charge in [0.15, 0.2) is 0 Å². The van der Waals surface area contributed by atoms with Crippen molar-refractivity contribution in [2.24, 2.45) is 10.8 Å². The Kier molecular flexibility index (Phi) is 3.52. The van der Waals surface area contributed by atoms with Crippen molar-refractivity contribution < 1.29 is 9.59 Å². The number of rotatable bonds is 0. The quantitative estimate of drug-likeness (QED) is 0.664. The highest BCUT2D eigenvalue weighted by molar-refractivity contribution is 5.86. The first-order chi connectivity index (χ1) is 8.35. The second-order valence-electron chi connectivity index (χ2n) is 6.95. The number of Topliss-reactive ketones (excluding diaryl/α,β-unsaturated/α-hetero) is 1. The van der Waals surface area contributed by atoms with E-state index in [-0.39, 0.29) is 16.7 Å². The summed E-state index contributed by atoms with van der Waals surface area (Å²) in [6.45, 7) is 7.42. The van der Waals surface area contributed by atoms with E-state index in [4.69, 9.17) is 0 Å². The van der Waals surface area contributed by atoms with Gasteiger partial charge in [-0.25, -0.2) is 0 Å². The summed E-state index contributed by atoms with van der Waals surface area (Å²) in [5.41, 5.74) is -0.381. The number of carbonyl (C=O) groups is 2. The lowest BCUT2D eigenvalue weighted by molar-refractivity contribution is -0.146. The summed E-state index contributed by atoms with van der Waals surface area (Å²) in [5, 5.41) is 0. The summed E-state index contributed by atoms with van der Waals surface area (Å²) < 4.78 is 0. The molecule has 2 fully saturated rings. The van der Waals surface area contributed by atoms with E-state index in [0.29, 0.717) is 5.78 Å². The van der Waals surface area contributed by atoms with Crippen LogP contribution in [0.3, 0.4) is 0 Å². The van der Waals surface area contributed by atoms with Crippen molar-refractivity contribution in [1.82, 2.24) is 4.90 Å². The van der Waals surface area contributed by atoms with Gasteiger partial charge in [-0.05, 0) is 25.7 Å². The van der Waals surface area contributed by atoms with E-state index in [9.17, 15) is 9.59 Å². The predicted octanol–water partition coefficient (Wildman–Crippen LogP) is 2.78. The summed E-state index contributed by atoms with van der Waals surface area (Å²) in [7, 11) is 0. The smallest absolute Gasteiger partial charge is 0.227 e. The Morgan fingerprint density at radius 1 is 1.11 bits per heavy atom. The molecule has 2 aliphatic rings. The molecule has 1 heterocycles. The number of carbonyl (C=O) groups excluding carboxylic acids is 2. The van der Waals surface area contributed by atoms with Crippen LogP contribution in [0.25, 0.3) is 0 Å². The fourth-order valence-electron chi connectivity index (χ4n) is 3.29. The van der Waals surface area contributed by atoms with E-state index in [1.807, 2.05) is 25.7 Å². The van der Waals surface area contributed by atoms with Gasteiger partial charge in [-0.15, -0.1) is 0 Å². The van der Waals surface area contributed by atoms with Gasteiger partial charge in [-0.1, -0.05) is 27.2 Å². The first-order valence-corrected chi connectivity index (χ1v) is 7.18. The number of amides is 1. The average Bonchev–Trinajstić information content (AvgIpc) is 2.32. The Balaban J connectivity index is 1.99. The van der Waals surface area contributed by atoms with Gasteiger partial charge in [0, 0.05) is 30.3 Å². The molecule has 3 heteroatoms. The maximum Gasteiger partial charge on any atom is 0.227 e. The molecule has 0 atom stereocenters. The van der Waals surface area contributed by atoms with E-state index < -0.39 is 0 Å². The average molecular weight is 251 g/mol. The molecule has 0 unspecified atom stereocenters. The van der Waals surface area contributed by atoms with E-state index in [1.165, 1.54) is 6.42 Å². The zero-order valence-electron chi connectivity index (χ0n) is 11.9. The van der Waals surface area contributed by atoms with Crippen LogP contribution in [0.15, 0.2) is 0 Å². The number of nitrogens with zero attached hydrogens (tertiary/aromatic N) is 1. The monoisotopic (exact) mass is 251 g/mol. The maximum atomic E-state index is 12.2. The van der Waals surface area contributed by atoms with Crippen molar-refractivity contribution in [3.63, 3.8) is 0 Å². The van der Waals surface area contributed by atoms with Crippen LogP contribution < -0.4 is 0 Å². The Bertz CT molecular complexity index is 346. The number of piperidine rings is 1. The largest absolute Gasteiger partial charge is 0.342 e. The van der Waals surface area contributed by atoms with Gasteiger partial charge >= 0.3 is 0 Å². The molecule has 18 heavy (non-hydrogen) atoms. The van der Waals surface area contributed by atoms with Crippen LogP contribution in [0.4, 0.5) is 0 Å². The molecule has 1 saturated heterocycles. The SMILES string of the molecule is CC(C)(C)C(=O)N1CCC2(CCCCC2=O)CC1. The topological polar surface area (TPSA) is 37.4 Å². The number of ketones is 1. The molecule has 0 radical (unpaired) electrons. The van der Waals surface area contributed by atoms with Crippen molar-refractivity contribution in [3.8, 4) is 0 Å². The fraction of sp³-hybridized carbons (Fsp3) is 0.867. The van der Waals surface area contributed by atoms with Crippen LogP contribution in [0.2, 0.25) is 0 Å². The second-order valence-corrected chi connectivity index (χ2v) is 6.95. The standard InChI is InChI=1S/C15H25NO2/c1-14(2,3)13(18)16-10-8-15(9-11-16)7-5-4-6-12(15)17/h4-11H2,1-3H3. The molecule has 0 bridgehead atoms. The lowest BCUT2D eigenvalue weighted by atomic mass is 9.67. The lowest BCUT2D eigenvalue weighted by Gasteiger charge is -2.44. The molecule has 102 valence electrons. The summed E-state index contributed by atoms with van der Waals surface area (Å²) in [6.07, 6.45) is 5.81. The Morgan fingerprint density at radius 3 is 2.22 bits per heavy atom. The van der Waals surface area contributed by atoms with Crippen LogP contribution in [0, 0.1) is 10.8 Å². The number of hydrogen-bond donors (Lipinski definition) is 0. The van der Waals surface area contributed by atoms with Crippen LogP contribution in [-0.2, 0) is 9.59 Å². The molecular formula is C15H25NO2. The zero-order valence-corrected chi connectivity index (χ0v) is 11.9. The molecule has 3 nitrogen and oxygen atoms in total. The van der Waals surface area contributed by atoms with Crippen LogP contribution in [0.5, 0.6) is 0 Å². The molecule has 0 aromatic rings. The number of likely N-dealkylation sites (tertiary alicyclic amines) is 1. The normalized spacial score (nSPS) is 24.4. The molecular weight excluding hydrogens is 226 g/mol. The minimum Gasteiger partial charge on any atom is -0.342 e. The first kappa shape index (κ1) is 13.6. The van der Waals surface area contributed by atoms with Gasteiger partial charge in [0.2, 0.25) is 5.91 Å². The third-order valence-electron chi connectivity index (χ3n) is 4.55. The summed E-state index contributed by atoms with van der Waals surface area (Å²) in [5.74, 6) is 0.678. The van der Waals surface area contributed by atoms with Gasteiger partial charge in [-0.2, -0.15) is 0 Å². The van der Waals surface area contributed by atoms with Gasteiger partial charge in [0.05, 0.1) is 0 Å². The van der Waals surface area contributed by atoms with Crippen molar-refractivity contribution in [3.05, 3.63) is 0 Å². The fourth-order valence-corrected chi connectivity index (χ4v) is 3.29. The summed E-state index contributed by atoms with van der Waals surface area (Å²) in [4.78, 5) is 26.3. The van der Waals surface area contributed by atoms with Crippen LogP contribution >= 0.6 is 0 Å². The molecule has 0 N–H and O–H groups in total.